The summed E-state index contributed by atoms with van der Waals surface area (Å²) in [5.74, 6) is 0.238. The third-order valence-corrected chi connectivity index (χ3v) is 3.62. The fraction of sp³-hybridized carbons (Fsp3) is 0.583. The molecule has 0 spiro atoms. The van der Waals surface area contributed by atoms with Crippen molar-refractivity contribution in [3.8, 4) is 0 Å². The van der Waals surface area contributed by atoms with Gasteiger partial charge in [-0.1, -0.05) is 12.8 Å². The molecular formula is C12H16BrNO3. The summed E-state index contributed by atoms with van der Waals surface area (Å²) in [7, 11) is 0. The van der Waals surface area contributed by atoms with Crippen LogP contribution in [0.5, 0.6) is 0 Å². The Kier molecular flexibility index (Phi) is 4.23. The molecule has 4 nitrogen and oxygen atoms in total. The molecule has 5 heteroatoms. The molecule has 17 heavy (non-hydrogen) atoms. The predicted octanol–water partition coefficient (Wildman–Crippen LogP) is 2.32. The molecule has 1 aromatic rings. The van der Waals surface area contributed by atoms with Crippen LogP contribution < -0.4 is 5.32 Å². The van der Waals surface area contributed by atoms with Crippen molar-refractivity contribution in [1.82, 2.24) is 5.32 Å². The molecule has 1 aliphatic rings. The van der Waals surface area contributed by atoms with Crippen LogP contribution in [-0.2, 0) is 0 Å². The Labute approximate surface area is 109 Å². The van der Waals surface area contributed by atoms with E-state index in [1.54, 1.807) is 12.1 Å². The van der Waals surface area contributed by atoms with Gasteiger partial charge in [0.05, 0.1) is 6.10 Å². The fourth-order valence-corrected chi connectivity index (χ4v) is 2.48. The summed E-state index contributed by atoms with van der Waals surface area (Å²) in [5, 5.41) is 12.6. The van der Waals surface area contributed by atoms with Crippen LogP contribution in [0.3, 0.4) is 0 Å². The normalized spacial score (nSPS) is 24.6. The molecule has 1 fully saturated rings. The summed E-state index contributed by atoms with van der Waals surface area (Å²) in [4.78, 5) is 11.7. The average molecular weight is 302 g/mol. The zero-order valence-electron chi connectivity index (χ0n) is 9.49. The predicted molar refractivity (Wildman–Crippen MR) is 66.7 cm³/mol. The standard InChI is InChI=1S/C12H16BrNO3/c13-11-6-5-10(17-11)12(16)14-7-8-3-1-2-4-9(8)15/h5-6,8-9,15H,1-4,7H2,(H,14,16). The molecule has 2 rings (SSSR count). The van der Waals surface area contributed by atoms with E-state index in [1.807, 2.05) is 0 Å². The first-order valence-electron chi connectivity index (χ1n) is 5.88. The number of hydrogen-bond donors (Lipinski definition) is 2. The molecule has 1 heterocycles. The lowest BCUT2D eigenvalue weighted by Gasteiger charge is -2.27. The van der Waals surface area contributed by atoms with E-state index in [9.17, 15) is 9.90 Å². The van der Waals surface area contributed by atoms with Gasteiger partial charge in [-0.3, -0.25) is 4.79 Å². The number of carbonyl (C=O) groups is 1. The summed E-state index contributed by atoms with van der Waals surface area (Å²) in [5.41, 5.74) is 0. The minimum absolute atomic E-state index is 0.172. The van der Waals surface area contributed by atoms with Gasteiger partial charge in [-0.15, -0.1) is 0 Å². The first-order chi connectivity index (χ1) is 8.16. The molecule has 0 radical (unpaired) electrons. The number of amides is 1. The highest BCUT2D eigenvalue weighted by Crippen LogP contribution is 2.23. The number of furan rings is 1. The second-order valence-electron chi connectivity index (χ2n) is 4.43. The van der Waals surface area contributed by atoms with Gasteiger partial charge in [0.2, 0.25) is 0 Å². The molecule has 0 saturated heterocycles. The Bertz CT molecular complexity index is 391. The van der Waals surface area contributed by atoms with E-state index in [4.69, 9.17) is 4.42 Å². The molecule has 2 atom stereocenters. The van der Waals surface area contributed by atoms with Crippen molar-refractivity contribution in [3.63, 3.8) is 0 Å². The zero-order valence-corrected chi connectivity index (χ0v) is 11.1. The highest BCUT2D eigenvalue weighted by molar-refractivity contribution is 9.10. The van der Waals surface area contributed by atoms with Crippen molar-refractivity contribution in [3.05, 3.63) is 22.6 Å². The van der Waals surface area contributed by atoms with Gasteiger partial charge < -0.3 is 14.8 Å². The van der Waals surface area contributed by atoms with Crippen LogP contribution in [0.15, 0.2) is 21.2 Å². The lowest BCUT2D eigenvalue weighted by atomic mass is 9.86. The van der Waals surface area contributed by atoms with Gasteiger partial charge in [0.25, 0.3) is 5.91 Å². The maximum Gasteiger partial charge on any atom is 0.287 e. The summed E-state index contributed by atoms with van der Waals surface area (Å²) in [6.45, 7) is 0.512. The second-order valence-corrected chi connectivity index (χ2v) is 5.21. The topological polar surface area (TPSA) is 62.5 Å². The van der Waals surface area contributed by atoms with Gasteiger partial charge in [0.1, 0.15) is 0 Å². The third kappa shape index (κ3) is 3.33. The third-order valence-electron chi connectivity index (χ3n) is 3.19. The van der Waals surface area contributed by atoms with Crippen LogP contribution >= 0.6 is 15.9 Å². The number of halogens is 1. The molecular weight excluding hydrogens is 286 g/mol. The highest BCUT2D eigenvalue weighted by Gasteiger charge is 2.23. The molecule has 2 N–H and O–H groups in total. The number of aliphatic hydroxyl groups excluding tert-OH is 1. The van der Waals surface area contributed by atoms with Crippen molar-refractivity contribution in [2.75, 3.05) is 6.54 Å². The largest absolute Gasteiger partial charge is 0.444 e. The van der Waals surface area contributed by atoms with E-state index in [1.165, 1.54) is 0 Å². The Morgan fingerprint density at radius 2 is 2.24 bits per heavy atom. The molecule has 2 unspecified atom stereocenters. The van der Waals surface area contributed by atoms with E-state index < -0.39 is 0 Å². The molecule has 1 aromatic heterocycles. The Morgan fingerprint density at radius 1 is 1.47 bits per heavy atom. The monoisotopic (exact) mass is 301 g/mol. The number of nitrogens with one attached hydrogen (secondary N) is 1. The Hall–Kier alpha value is -0.810. The molecule has 1 aliphatic carbocycles. The second kappa shape index (κ2) is 5.69. The minimum Gasteiger partial charge on any atom is -0.444 e. The molecule has 0 aromatic carbocycles. The summed E-state index contributed by atoms with van der Waals surface area (Å²) >= 11 is 3.15. The molecule has 0 bridgehead atoms. The molecule has 0 aliphatic heterocycles. The van der Waals surface area contributed by atoms with Gasteiger partial charge in [-0.2, -0.15) is 0 Å². The van der Waals surface area contributed by atoms with Gasteiger partial charge in [0, 0.05) is 12.5 Å². The van der Waals surface area contributed by atoms with E-state index in [2.05, 4.69) is 21.2 Å². The number of aliphatic hydroxyl groups is 1. The van der Waals surface area contributed by atoms with E-state index in [0.717, 1.165) is 25.7 Å². The average Bonchev–Trinajstić information content (AvgIpc) is 2.74. The van der Waals surface area contributed by atoms with Gasteiger partial charge in [0.15, 0.2) is 10.4 Å². The molecule has 1 saturated carbocycles. The molecule has 94 valence electrons. The van der Waals surface area contributed by atoms with E-state index in [0.29, 0.717) is 17.0 Å². The summed E-state index contributed by atoms with van der Waals surface area (Å²) in [6, 6.07) is 3.31. The molecule has 1 amide bonds. The first kappa shape index (κ1) is 12.6. The SMILES string of the molecule is O=C(NCC1CCCCC1O)c1ccc(Br)o1. The smallest absolute Gasteiger partial charge is 0.287 e. The van der Waals surface area contributed by atoms with Gasteiger partial charge >= 0.3 is 0 Å². The van der Waals surface area contributed by atoms with E-state index >= 15 is 0 Å². The highest BCUT2D eigenvalue weighted by atomic mass is 79.9. The van der Waals surface area contributed by atoms with Crippen LogP contribution in [-0.4, -0.2) is 23.7 Å². The minimum atomic E-state index is -0.285. The quantitative estimate of drug-likeness (QED) is 0.900. The lowest BCUT2D eigenvalue weighted by Crippen LogP contribution is -2.36. The number of hydrogen-bond acceptors (Lipinski definition) is 3. The van der Waals surface area contributed by atoms with Crippen LogP contribution in [0.1, 0.15) is 36.2 Å². The van der Waals surface area contributed by atoms with Crippen LogP contribution in [0.2, 0.25) is 0 Å². The zero-order chi connectivity index (χ0) is 12.3. The van der Waals surface area contributed by atoms with Gasteiger partial charge in [-0.25, -0.2) is 0 Å². The Morgan fingerprint density at radius 3 is 2.88 bits per heavy atom. The van der Waals surface area contributed by atoms with Crippen molar-refractivity contribution in [1.29, 1.82) is 0 Å². The number of rotatable bonds is 3. The van der Waals surface area contributed by atoms with E-state index in [-0.39, 0.29) is 17.9 Å². The van der Waals surface area contributed by atoms with Crippen molar-refractivity contribution in [2.24, 2.45) is 5.92 Å². The van der Waals surface area contributed by atoms with Gasteiger partial charge in [-0.05, 0) is 40.9 Å². The van der Waals surface area contributed by atoms with Crippen LogP contribution in [0, 0.1) is 5.92 Å². The summed E-state index contributed by atoms with van der Waals surface area (Å²) in [6.07, 6.45) is 3.74. The van der Waals surface area contributed by atoms with Crippen molar-refractivity contribution < 1.29 is 14.3 Å². The first-order valence-corrected chi connectivity index (χ1v) is 6.67. The Balaban J connectivity index is 1.83. The lowest BCUT2D eigenvalue weighted by molar-refractivity contribution is 0.0655. The van der Waals surface area contributed by atoms with Crippen molar-refractivity contribution >= 4 is 21.8 Å². The maximum atomic E-state index is 11.7. The van der Waals surface area contributed by atoms with Crippen molar-refractivity contribution in [2.45, 2.75) is 31.8 Å². The number of carbonyl (C=O) groups excluding carboxylic acids is 1. The van der Waals surface area contributed by atoms with Crippen LogP contribution in [0.4, 0.5) is 0 Å². The maximum absolute atomic E-state index is 11.7. The van der Waals surface area contributed by atoms with Crippen LogP contribution in [0.25, 0.3) is 0 Å². The fourth-order valence-electron chi connectivity index (χ4n) is 2.17. The summed E-state index contributed by atoms with van der Waals surface area (Å²) < 4.78 is 5.70.